The third-order valence-corrected chi connectivity index (χ3v) is 10.2. The van der Waals surface area contributed by atoms with Crippen LogP contribution in [0.15, 0.2) is 46.2 Å². The number of thioether (sulfide) groups is 2. The first-order valence-corrected chi connectivity index (χ1v) is 17.5. The van der Waals surface area contributed by atoms with Crippen LogP contribution in [0.1, 0.15) is 151 Å². The van der Waals surface area contributed by atoms with Gasteiger partial charge < -0.3 is 9.90 Å². The first kappa shape index (κ1) is 37.5. The van der Waals surface area contributed by atoms with Gasteiger partial charge in [-0.25, -0.2) is 0 Å². The second-order valence-corrected chi connectivity index (χ2v) is 20.6. The van der Waals surface area contributed by atoms with Gasteiger partial charge in [0.05, 0.1) is 4.08 Å². The van der Waals surface area contributed by atoms with Crippen LogP contribution in [0.4, 0.5) is 0 Å². The summed E-state index contributed by atoms with van der Waals surface area (Å²) in [6, 6.07) is 9.22. The SMILES string of the molecule is C=C(CCCC(C)=O)Cc1c(C(C)(C)C)cc(SC(C)(C)Sc2cc(C(C)(C)C)c(O)c(C(C)(C)C)c2)cc1C(C)(C)C. The molecule has 0 aliphatic heterocycles. The first-order chi connectivity index (χ1) is 19.2. The van der Waals surface area contributed by atoms with Gasteiger partial charge >= 0.3 is 0 Å². The van der Waals surface area contributed by atoms with Gasteiger partial charge in [-0.3, -0.25) is 0 Å². The summed E-state index contributed by atoms with van der Waals surface area (Å²) in [5, 5.41) is 11.3. The van der Waals surface area contributed by atoms with Crippen molar-refractivity contribution in [3.8, 4) is 5.75 Å². The van der Waals surface area contributed by atoms with E-state index in [0.717, 1.165) is 30.4 Å². The second kappa shape index (κ2) is 13.4. The number of Topliss-reactive ketones (excluding diaryl/α,β-unsaturated/α-hetero) is 1. The fourth-order valence-electron chi connectivity index (χ4n) is 5.56. The van der Waals surface area contributed by atoms with Crippen LogP contribution in [-0.2, 0) is 32.9 Å². The normalized spacial score (nSPS) is 13.4. The van der Waals surface area contributed by atoms with Crippen molar-refractivity contribution in [1.29, 1.82) is 0 Å². The Kier molecular flexibility index (Phi) is 11.7. The molecule has 2 aromatic rings. The number of carbonyl (C=O) groups excluding carboxylic acids is 1. The van der Waals surface area contributed by atoms with E-state index in [1.807, 2.05) is 23.5 Å². The van der Waals surface area contributed by atoms with Gasteiger partial charge in [0, 0.05) is 27.3 Å². The minimum absolute atomic E-state index is 0.0248. The van der Waals surface area contributed by atoms with Crippen molar-refractivity contribution < 1.29 is 9.90 Å². The highest BCUT2D eigenvalue weighted by Gasteiger charge is 2.31. The third kappa shape index (κ3) is 10.7. The number of allylic oxidation sites excluding steroid dienone is 1. The van der Waals surface area contributed by atoms with Gasteiger partial charge in [-0.1, -0.05) is 95.2 Å². The molecule has 240 valence electrons. The Hall–Kier alpha value is -1.65. The van der Waals surface area contributed by atoms with Crippen LogP contribution in [0.25, 0.3) is 0 Å². The molecule has 0 bridgehead atoms. The summed E-state index contributed by atoms with van der Waals surface area (Å²) in [5.74, 6) is 0.676. The van der Waals surface area contributed by atoms with Crippen molar-refractivity contribution in [3.63, 3.8) is 0 Å². The van der Waals surface area contributed by atoms with Gasteiger partial charge in [-0.15, -0.1) is 23.5 Å². The van der Waals surface area contributed by atoms with Crippen molar-refractivity contribution in [2.75, 3.05) is 0 Å². The lowest BCUT2D eigenvalue weighted by Gasteiger charge is -2.33. The minimum Gasteiger partial charge on any atom is -0.507 e. The average Bonchev–Trinajstić information content (AvgIpc) is 2.77. The van der Waals surface area contributed by atoms with E-state index in [1.165, 1.54) is 32.1 Å². The summed E-state index contributed by atoms with van der Waals surface area (Å²) < 4.78 is -0.149. The maximum Gasteiger partial charge on any atom is 0.129 e. The maximum atomic E-state index is 11.5. The number of phenolic OH excluding ortho intramolecular Hbond substituents is 1. The molecule has 0 unspecified atom stereocenters. The molecular weight excluding hydrogens is 565 g/mol. The van der Waals surface area contributed by atoms with Gasteiger partial charge in [-0.2, -0.15) is 0 Å². The van der Waals surface area contributed by atoms with Gasteiger partial charge in [0.15, 0.2) is 0 Å². The van der Waals surface area contributed by atoms with Crippen LogP contribution in [0.2, 0.25) is 0 Å². The summed E-state index contributed by atoms with van der Waals surface area (Å²) in [7, 11) is 0. The fraction of sp³-hybridized carbons (Fsp3) is 0.615. The number of carbonyl (C=O) groups is 1. The molecule has 0 fully saturated rings. The Bertz CT molecular complexity index is 1250. The van der Waals surface area contributed by atoms with Gasteiger partial charge in [0.25, 0.3) is 0 Å². The quantitative estimate of drug-likeness (QED) is 0.162. The molecule has 0 spiro atoms. The van der Waals surface area contributed by atoms with E-state index in [4.69, 9.17) is 0 Å². The number of hydrogen-bond donors (Lipinski definition) is 1. The Balaban J connectivity index is 2.58. The zero-order valence-electron chi connectivity index (χ0n) is 30.0. The molecule has 0 aliphatic carbocycles. The van der Waals surface area contributed by atoms with E-state index in [-0.39, 0.29) is 31.5 Å². The molecule has 2 rings (SSSR count). The third-order valence-electron chi connectivity index (χ3n) is 7.75. The van der Waals surface area contributed by atoms with E-state index >= 15 is 0 Å². The number of rotatable bonds is 10. The van der Waals surface area contributed by atoms with E-state index in [1.54, 1.807) is 6.92 Å². The summed E-state index contributed by atoms with van der Waals surface area (Å²) in [4.78, 5) is 14.0. The van der Waals surface area contributed by atoms with Crippen LogP contribution in [0, 0.1) is 0 Å². The van der Waals surface area contributed by atoms with E-state index < -0.39 is 0 Å². The highest BCUT2D eigenvalue weighted by atomic mass is 32.2. The lowest BCUT2D eigenvalue weighted by atomic mass is 9.74. The molecule has 0 atom stereocenters. The topological polar surface area (TPSA) is 37.3 Å². The van der Waals surface area contributed by atoms with Crippen LogP contribution >= 0.6 is 23.5 Å². The maximum absolute atomic E-state index is 11.5. The first-order valence-electron chi connectivity index (χ1n) is 15.8. The summed E-state index contributed by atoms with van der Waals surface area (Å²) >= 11 is 3.79. The Morgan fingerprint density at radius 2 is 1.00 bits per heavy atom. The monoisotopic (exact) mass is 624 g/mol. The molecule has 0 aromatic heterocycles. The number of ketones is 1. The Labute approximate surface area is 273 Å². The predicted octanol–water partition coefficient (Wildman–Crippen LogP) is 12.1. The van der Waals surface area contributed by atoms with Crippen LogP contribution in [-0.4, -0.2) is 15.0 Å². The van der Waals surface area contributed by atoms with Crippen LogP contribution in [0.5, 0.6) is 5.75 Å². The highest BCUT2D eigenvalue weighted by Crippen LogP contribution is 2.50. The van der Waals surface area contributed by atoms with Crippen molar-refractivity contribution >= 4 is 29.3 Å². The zero-order valence-corrected chi connectivity index (χ0v) is 31.6. The van der Waals surface area contributed by atoms with Crippen LogP contribution < -0.4 is 0 Å². The summed E-state index contributed by atoms with van der Waals surface area (Å²) in [6.45, 7) is 37.6. The molecule has 0 aliphatic rings. The molecule has 1 N–H and O–H groups in total. The molecule has 0 saturated heterocycles. The van der Waals surface area contributed by atoms with E-state index in [9.17, 15) is 9.90 Å². The molecule has 2 nitrogen and oxygen atoms in total. The molecule has 4 heteroatoms. The molecule has 0 radical (unpaired) electrons. The second-order valence-electron chi connectivity index (χ2n) is 17.0. The summed E-state index contributed by atoms with van der Waals surface area (Å²) in [6.07, 6.45) is 3.22. The predicted molar refractivity (Wildman–Crippen MR) is 193 cm³/mol. The molecule has 0 saturated carbocycles. The van der Waals surface area contributed by atoms with Crippen molar-refractivity contribution in [3.05, 3.63) is 64.2 Å². The van der Waals surface area contributed by atoms with Crippen molar-refractivity contribution in [2.45, 2.75) is 165 Å². The molecule has 0 amide bonds. The molecule has 0 heterocycles. The Morgan fingerprint density at radius 3 is 1.33 bits per heavy atom. The smallest absolute Gasteiger partial charge is 0.129 e. The highest BCUT2D eigenvalue weighted by molar-refractivity contribution is 8.18. The lowest BCUT2D eigenvalue weighted by molar-refractivity contribution is -0.117. The van der Waals surface area contributed by atoms with Crippen molar-refractivity contribution in [1.82, 2.24) is 0 Å². The largest absolute Gasteiger partial charge is 0.507 e. The van der Waals surface area contributed by atoms with Gasteiger partial charge in [-0.05, 0) is 103 Å². The standard InChI is InChI=1S/C39H60O2S2/c1-25(18-17-19-26(2)40)20-29-30(35(3,4)5)21-27(22-31(29)36(6,7)8)42-39(15,16)43-28-23-32(37(9,10)11)34(41)33(24-28)38(12,13)14/h21-24,41H,1,17-20H2,2-16H3. The number of aromatic hydroxyl groups is 1. The summed E-state index contributed by atoms with van der Waals surface area (Å²) in [5.41, 5.74) is 6.99. The van der Waals surface area contributed by atoms with Crippen molar-refractivity contribution in [2.24, 2.45) is 0 Å². The number of hydrogen-bond acceptors (Lipinski definition) is 4. The van der Waals surface area contributed by atoms with Gasteiger partial charge in [0.2, 0.25) is 0 Å². The van der Waals surface area contributed by atoms with E-state index in [2.05, 4.69) is 128 Å². The van der Waals surface area contributed by atoms with Gasteiger partial charge in [0.1, 0.15) is 11.5 Å². The number of phenols is 1. The number of benzene rings is 2. The zero-order chi connectivity index (χ0) is 33.3. The molecular formula is C39H60O2S2. The van der Waals surface area contributed by atoms with Crippen LogP contribution in [0.3, 0.4) is 0 Å². The molecule has 43 heavy (non-hydrogen) atoms. The minimum atomic E-state index is -0.160. The average molecular weight is 625 g/mol. The molecule has 2 aromatic carbocycles. The lowest BCUT2D eigenvalue weighted by Crippen LogP contribution is -2.22. The van der Waals surface area contributed by atoms with E-state index in [0.29, 0.717) is 12.2 Å². The Morgan fingerprint density at radius 1 is 0.651 bits per heavy atom. The fourth-order valence-corrected chi connectivity index (χ4v) is 8.14.